The number of rotatable bonds is 1. The van der Waals surface area contributed by atoms with Crippen LogP contribution in [0.2, 0.25) is 0 Å². The van der Waals surface area contributed by atoms with Gasteiger partial charge in [-0.1, -0.05) is 0 Å². The van der Waals surface area contributed by atoms with Crippen molar-refractivity contribution >= 4 is 10.0 Å². The number of hydrogen-bond donors (Lipinski definition) is 1. The molecule has 0 aliphatic rings. The van der Waals surface area contributed by atoms with E-state index in [-0.39, 0.29) is 5.56 Å². The van der Waals surface area contributed by atoms with E-state index in [1.54, 1.807) is 0 Å². The van der Waals surface area contributed by atoms with Gasteiger partial charge in [-0.25, -0.2) is 22.3 Å². The maximum atomic E-state index is 13.1. The Balaban J connectivity index is 3.56. The van der Waals surface area contributed by atoms with Gasteiger partial charge in [0.05, 0.1) is 0 Å². The fourth-order valence-electron chi connectivity index (χ4n) is 0.902. The van der Waals surface area contributed by atoms with E-state index >= 15 is 0 Å². The number of nitrogens with two attached hydrogens (primary N) is 1. The molecule has 0 atom stereocenters. The van der Waals surface area contributed by atoms with E-state index in [0.717, 1.165) is 6.07 Å². The summed E-state index contributed by atoms with van der Waals surface area (Å²) in [7, 11) is -4.19. The Bertz CT molecular complexity index is 442. The highest BCUT2D eigenvalue weighted by atomic mass is 32.2. The zero-order valence-corrected chi connectivity index (χ0v) is 7.53. The smallest absolute Gasteiger partial charge is 0.225 e. The normalized spacial score (nSPS) is 11.7. The monoisotopic (exact) mass is 207 g/mol. The lowest BCUT2D eigenvalue weighted by Crippen LogP contribution is -2.15. The molecule has 13 heavy (non-hydrogen) atoms. The fraction of sp³-hybridized carbons (Fsp3) is 0.143. The lowest BCUT2D eigenvalue weighted by Gasteiger charge is -2.02. The molecule has 1 aromatic carbocycles. The van der Waals surface area contributed by atoms with Gasteiger partial charge < -0.3 is 0 Å². The summed E-state index contributed by atoms with van der Waals surface area (Å²) in [5, 5.41) is 4.66. The van der Waals surface area contributed by atoms with Gasteiger partial charge in [0.1, 0.15) is 16.5 Å². The molecular formula is C7H7F2NO2S. The molecule has 0 unspecified atom stereocenters. The lowest BCUT2D eigenvalue weighted by molar-refractivity contribution is 0.548. The Labute approximate surface area is 74.2 Å². The summed E-state index contributed by atoms with van der Waals surface area (Å²) in [5.41, 5.74) is -0.0935. The van der Waals surface area contributed by atoms with Crippen LogP contribution in [0.3, 0.4) is 0 Å². The Morgan fingerprint density at radius 2 is 1.85 bits per heavy atom. The summed E-state index contributed by atoms with van der Waals surface area (Å²) in [5.74, 6) is -1.84. The minimum absolute atomic E-state index is 0.0935. The second-order valence-electron chi connectivity index (χ2n) is 2.58. The van der Waals surface area contributed by atoms with Crippen molar-refractivity contribution in [3.05, 3.63) is 29.3 Å². The van der Waals surface area contributed by atoms with Gasteiger partial charge in [-0.05, 0) is 24.6 Å². The molecule has 3 nitrogen and oxygen atoms in total. The van der Waals surface area contributed by atoms with E-state index in [1.165, 1.54) is 6.92 Å². The Hall–Kier alpha value is -1.01. The van der Waals surface area contributed by atoms with Crippen LogP contribution < -0.4 is 5.14 Å². The van der Waals surface area contributed by atoms with Crippen LogP contribution in [0.5, 0.6) is 0 Å². The maximum Gasteiger partial charge on any atom is 0.241 e. The van der Waals surface area contributed by atoms with Crippen LogP contribution >= 0.6 is 0 Å². The molecule has 1 aromatic rings. The molecule has 0 aromatic heterocycles. The molecule has 0 amide bonds. The van der Waals surface area contributed by atoms with Crippen molar-refractivity contribution in [2.24, 2.45) is 5.14 Å². The highest BCUT2D eigenvalue weighted by Crippen LogP contribution is 2.17. The van der Waals surface area contributed by atoms with Gasteiger partial charge in [0.15, 0.2) is 0 Å². The van der Waals surface area contributed by atoms with Crippen LogP contribution in [-0.2, 0) is 10.0 Å². The SMILES string of the molecule is Cc1cc(F)cc(S(N)(=O)=O)c1F. The molecule has 0 spiro atoms. The number of halogens is 2. The van der Waals surface area contributed by atoms with E-state index < -0.39 is 26.6 Å². The largest absolute Gasteiger partial charge is 0.241 e. The molecule has 0 fully saturated rings. The third-order valence-corrected chi connectivity index (χ3v) is 2.40. The maximum absolute atomic E-state index is 13.1. The molecule has 0 aliphatic heterocycles. The van der Waals surface area contributed by atoms with Crippen molar-refractivity contribution in [1.29, 1.82) is 0 Å². The first-order valence-corrected chi connectivity index (χ1v) is 4.85. The highest BCUT2D eigenvalue weighted by Gasteiger charge is 2.17. The molecule has 0 saturated heterocycles. The highest BCUT2D eigenvalue weighted by molar-refractivity contribution is 7.89. The van der Waals surface area contributed by atoms with Crippen molar-refractivity contribution in [2.45, 2.75) is 11.8 Å². The molecule has 0 saturated carbocycles. The van der Waals surface area contributed by atoms with Gasteiger partial charge in [0.2, 0.25) is 10.0 Å². The van der Waals surface area contributed by atoms with Gasteiger partial charge in [0.25, 0.3) is 0 Å². The summed E-state index contributed by atoms with van der Waals surface area (Å²) < 4.78 is 47.2. The average molecular weight is 207 g/mol. The van der Waals surface area contributed by atoms with Gasteiger partial charge in [0, 0.05) is 0 Å². The van der Waals surface area contributed by atoms with Crippen molar-refractivity contribution in [2.75, 3.05) is 0 Å². The number of aryl methyl sites for hydroxylation is 1. The number of benzene rings is 1. The zero-order valence-electron chi connectivity index (χ0n) is 6.71. The predicted octanol–water partition coefficient (Wildman–Crippen LogP) is 0.921. The van der Waals surface area contributed by atoms with E-state index in [0.29, 0.717) is 6.07 Å². The summed E-state index contributed by atoms with van der Waals surface area (Å²) in [6.07, 6.45) is 0. The van der Waals surface area contributed by atoms with Gasteiger partial charge in [-0.3, -0.25) is 0 Å². The lowest BCUT2D eigenvalue weighted by atomic mass is 10.2. The van der Waals surface area contributed by atoms with Gasteiger partial charge >= 0.3 is 0 Å². The Kier molecular flexibility index (Phi) is 2.36. The second-order valence-corrected chi connectivity index (χ2v) is 4.11. The molecule has 0 aliphatic carbocycles. The third kappa shape index (κ3) is 2.02. The number of primary sulfonamides is 1. The number of hydrogen-bond acceptors (Lipinski definition) is 2. The van der Waals surface area contributed by atoms with Crippen LogP contribution in [0.25, 0.3) is 0 Å². The van der Waals surface area contributed by atoms with Crippen LogP contribution in [0.15, 0.2) is 17.0 Å². The van der Waals surface area contributed by atoms with Crippen LogP contribution in [0.4, 0.5) is 8.78 Å². The second kappa shape index (κ2) is 3.04. The molecule has 0 radical (unpaired) electrons. The minimum Gasteiger partial charge on any atom is -0.225 e. The Morgan fingerprint density at radius 3 is 2.31 bits per heavy atom. The molecule has 0 bridgehead atoms. The van der Waals surface area contributed by atoms with E-state index in [2.05, 4.69) is 5.14 Å². The summed E-state index contributed by atoms with van der Waals surface area (Å²) in [4.78, 5) is -0.815. The molecule has 72 valence electrons. The fourth-order valence-corrected chi connectivity index (χ4v) is 1.59. The molecule has 6 heteroatoms. The summed E-state index contributed by atoms with van der Waals surface area (Å²) in [6, 6.07) is 1.45. The van der Waals surface area contributed by atoms with Gasteiger partial charge in [-0.2, -0.15) is 0 Å². The standard InChI is InChI=1S/C7H7F2NO2S/c1-4-2-5(8)3-6(7(4)9)13(10,11)12/h2-3H,1H3,(H2,10,11,12). The van der Waals surface area contributed by atoms with Crippen molar-refractivity contribution in [3.8, 4) is 0 Å². The first-order valence-electron chi connectivity index (χ1n) is 3.31. The molecule has 1 rings (SSSR count). The van der Waals surface area contributed by atoms with Crippen molar-refractivity contribution in [1.82, 2.24) is 0 Å². The zero-order chi connectivity index (χ0) is 10.2. The van der Waals surface area contributed by atoms with E-state index in [1.807, 2.05) is 0 Å². The average Bonchev–Trinajstić information content (AvgIpc) is 1.94. The number of sulfonamides is 1. The summed E-state index contributed by atoms with van der Waals surface area (Å²) >= 11 is 0. The van der Waals surface area contributed by atoms with Crippen molar-refractivity contribution < 1.29 is 17.2 Å². The molecular weight excluding hydrogens is 200 g/mol. The van der Waals surface area contributed by atoms with E-state index in [9.17, 15) is 17.2 Å². The summed E-state index contributed by atoms with van der Waals surface area (Å²) in [6.45, 7) is 1.26. The van der Waals surface area contributed by atoms with Gasteiger partial charge in [-0.15, -0.1) is 0 Å². The van der Waals surface area contributed by atoms with Crippen LogP contribution in [0.1, 0.15) is 5.56 Å². The predicted molar refractivity (Wildman–Crippen MR) is 42.5 cm³/mol. The van der Waals surface area contributed by atoms with E-state index in [4.69, 9.17) is 0 Å². The first-order chi connectivity index (χ1) is 5.82. The van der Waals surface area contributed by atoms with Crippen LogP contribution in [-0.4, -0.2) is 8.42 Å². The quantitative estimate of drug-likeness (QED) is 0.744. The third-order valence-electron chi connectivity index (χ3n) is 1.49. The molecule has 2 N–H and O–H groups in total. The first kappa shape index (κ1) is 10.1. The minimum atomic E-state index is -4.19. The van der Waals surface area contributed by atoms with Crippen molar-refractivity contribution in [3.63, 3.8) is 0 Å². The topological polar surface area (TPSA) is 60.2 Å². The Morgan fingerprint density at radius 1 is 1.31 bits per heavy atom. The molecule has 0 heterocycles. The van der Waals surface area contributed by atoms with Crippen LogP contribution in [0, 0.1) is 18.6 Å².